The van der Waals surface area contributed by atoms with Crippen LogP contribution in [0.2, 0.25) is 0 Å². The number of likely N-dealkylation sites (N-methyl/N-ethyl adjacent to an activating group) is 1. The molecule has 0 aromatic heterocycles. The Kier molecular flexibility index (Phi) is 6.33. The van der Waals surface area contributed by atoms with Gasteiger partial charge in [0, 0.05) is 13.5 Å². The zero-order valence-corrected chi connectivity index (χ0v) is 9.45. The highest BCUT2D eigenvalue weighted by Gasteiger charge is 2.25. The lowest BCUT2D eigenvalue weighted by atomic mass is 10.1. The number of carbonyl (C=O) groups excluding carboxylic acids is 3. The first-order chi connectivity index (χ1) is 7.08. The fourth-order valence-corrected chi connectivity index (χ4v) is 1.52. The highest BCUT2D eigenvalue weighted by Crippen LogP contribution is 2.07. The summed E-state index contributed by atoms with van der Waals surface area (Å²) in [5.41, 5.74) is 0. The van der Waals surface area contributed by atoms with E-state index in [4.69, 9.17) is 0 Å². The van der Waals surface area contributed by atoms with Crippen LogP contribution in [0.4, 0.5) is 0 Å². The van der Waals surface area contributed by atoms with Gasteiger partial charge in [-0.2, -0.15) is 0 Å². The zero-order valence-electron chi connectivity index (χ0n) is 9.45. The Morgan fingerprint density at radius 1 is 1.40 bits per heavy atom. The number of carbonyl (C=O) groups is 3. The standard InChI is InChI=1S/C10H18N2O3/c1-4-6-9(10(15)11-7-13)12(5-2)8(3)14/h7,9H,4-6H2,1-3H3,(H,11,13,15). The lowest BCUT2D eigenvalue weighted by molar-refractivity contribution is -0.140. The van der Waals surface area contributed by atoms with E-state index in [1.807, 2.05) is 6.92 Å². The van der Waals surface area contributed by atoms with E-state index in [-0.39, 0.29) is 5.91 Å². The van der Waals surface area contributed by atoms with Crippen LogP contribution in [0.5, 0.6) is 0 Å². The molecule has 86 valence electrons. The van der Waals surface area contributed by atoms with E-state index in [1.54, 1.807) is 6.92 Å². The molecule has 0 bridgehead atoms. The first kappa shape index (κ1) is 13.6. The van der Waals surface area contributed by atoms with Crippen molar-refractivity contribution >= 4 is 18.2 Å². The quantitative estimate of drug-likeness (QED) is 0.646. The lowest BCUT2D eigenvalue weighted by Gasteiger charge is -2.27. The van der Waals surface area contributed by atoms with Crippen molar-refractivity contribution in [3.05, 3.63) is 0 Å². The molecule has 3 amide bonds. The maximum absolute atomic E-state index is 11.5. The minimum Gasteiger partial charge on any atom is -0.331 e. The molecule has 0 spiro atoms. The molecule has 0 heterocycles. The molecular formula is C10H18N2O3. The summed E-state index contributed by atoms with van der Waals surface area (Å²) in [4.78, 5) is 34.4. The molecule has 1 N–H and O–H groups in total. The summed E-state index contributed by atoms with van der Waals surface area (Å²) in [5.74, 6) is -0.569. The Balaban J connectivity index is 4.67. The molecule has 5 heteroatoms. The van der Waals surface area contributed by atoms with Crippen molar-refractivity contribution in [3.63, 3.8) is 0 Å². The predicted molar refractivity (Wildman–Crippen MR) is 56.0 cm³/mol. The second kappa shape index (κ2) is 6.98. The molecule has 5 nitrogen and oxygen atoms in total. The van der Waals surface area contributed by atoms with Crippen LogP contribution in [0, 0.1) is 0 Å². The second-order valence-corrected chi connectivity index (χ2v) is 3.24. The average molecular weight is 214 g/mol. The lowest BCUT2D eigenvalue weighted by Crippen LogP contribution is -2.48. The largest absolute Gasteiger partial charge is 0.331 e. The van der Waals surface area contributed by atoms with Crippen LogP contribution in [-0.2, 0) is 14.4 Å². The van der Waals surface area contributed by atoms with Gasteiger partial charge in [-0.1, -0.05) is 13.3 Å². The molecule has 1 unspecified atom stereocenters. The summed E-state index contributed by atoms with van der Waals surface area (Å²) >= 11 is 0. The molecule has 0 fully saturated rings. The van der Waals surface area contributed by atoms with Crippen molar-refractivity contribution in [2.24, 2.45) is 0 Å². The monoisotopic (exact) mass is 214 g/mol. The maximum Gasteiger partial charge on any atom is 0.249 e. The van der Waals surface area contributed by atoms with E-state index in [1.165, 1.54) is 11.8 Å². The van der Waals surface area contributed by atoms with Crippen LogP contribution in [0.25, 0.3) is 0 Å². The van der Waals surface area contributed by atoms with Gasteiger partial charge in [-0.15, -0.1) is 0 Å². The molecule has 0 aromatic rings. The Bertz CT molecular complexity index is 241. The van der Waals surface area contributed by atoms with Crippen LogP contribution in [-0.4, -0.2) is 35.7 Å². The molecule has 0 aromatic carbocycles. The minimum absolute atomic E-state index is 0.156. The van der Waals surface area contributed by atoms with Gasteiger partial charge in [-0.3, -0.25) is 19.7 Å². The van der Waals surface area contributed by atoms with E-state index in [0.717, 1.165) is 6.42 Å². The van der Waals surface area contributed by atoms with Crippen LogP contribution in [0.3, 0.4) is 0 Å². The van der Waals surface area contributed by atoms with Gasteiger partial charge in [-0.05, 0) is 13.3 Å². The molecular weight excluding hydrogens is 196 g/mol. The number of amides is 3. The Morgan fingerprint density at radius 3 is 2.33 bits per heavy atom. The van der Waals surface area contributed by atoms with Gasteiger partial charge in [0.25, 0.3) is 0 Å². The summed E-state index contributed by atoms with van der Waals surface area (Å²) in [6.45, 7) is 5.61. The van der Waals surface area contributed by atoms with Crippen molar-refractivity contribution in [2.75, 3.05) is 6.54 Å². The SMILES string of the molecule is CCCC(C(=O)NC=O)N(CC)C(C)=O. The van der Waals surface area contributed by atoms with E-state index in [9.17, 15) is 14.4 Å². The second-order valence-electron chi connectivity index (χ2n) is 3.24. The van der Waals surface area contributed by atoms with Gasteiger partial charge >= 0.3 is 0 Å². The van der Waals surface area contributed by atoms with Gasteiger partial charge in [0.15, 0.2) is 0 Å². The number of rotatable bonds is 6. The smallest absolute Gasteiger partial charge is 0.249 e. The van der Waals surface area contributed by atoms with E-state index >= 15 is 0 Å². The normalized spacial score (nSPS) is 11.7. The zero-order chi connectivity index (χ0) is 11.8. The number of nitrogens with zero attached hydrogens (tertiary/aromatic N) is 1. The summed E-state index contributed by atoms with van der Waals surface area (Å²) in [6.07, 6.45) is 1.69. The Morgan fingerprint density at radius 2 is 2.00 bits per heavy atom. The third-order valence-electron chi connectivity index (χ3n) is 2.19. The predicted octanol–water partition coefficient (Wildman–Crippen LogP) is 0.296. The summed E-state index contributed by atoms with van der Waals surface area (Å²) in [5, 5.41) is 2.09. The molecule has 0 radical (unpaired) electrons. The van der Waals surface area contributed by atoms with Crippen LogP contribution < -0.4 is 5.32 Å². The van der Waals surface area contributed by atoms with Gasteiger partial charge < -0.3 is 4.90 Å². The molecule has 15 heavy (non-hydrogen) atoms. The van der Waals surface area contributed by atoms with Crippen LogP contribution in [0.15, 0.2) is 0 Å². The van der Waals surface area contributed by atoms with Crippen molar-refractivity contribution < 1.29 is 14.4 Å². The number of hydrogen-bond acceptors (Lipinski definition) is 3. The van der Waals surface area contributed by atoms with Crippen molar-refractivity contribution in [2.45, 2.75) is 39.7 Å². The molecule has 1 atom stereocenters. The Hall–Kier alpha value is -1.39. The van der Waals surface area contributed by atoms with Crippen molar-refractivity contribution in [3.8, 4) is 0 Å². The fourth-order valence-electron chi connectivity index (χ4n) is 1.52. The van der Waals surface area contributed by atoms with Gasteiger partial charge in [-0.25, -0.2) is 0 Å². The first-order valence-electron chi connectivity index (χ1n) is 5.09. The average Bonchev–Trinajstić information content (AvgIpc) is 2.17. The first-order valence-corrected chi connectivity index (χ1v) is 5.09. The van der Waals surface area contributed by atoms with E-state index in [2.05, 4.69) is 5.32 Å². The summed E-state index contributed by atoms with van der Waals surface area (Å²) < 4.78 is 0. The fraction of sp³-hybridized carbons (Fsp3) is 0.700. The molecule has 0 saturated carbocycles. The molecule has 0 aliphatic heterocycles. The summed E-state index contributed by atoms with van der Waals surface area (Å²) in [7, 11) is 0. The van der Waals surface area contributed by atoms with Gasteiger partial charge in [0.1, 0.15) is 6.04 Å². The maximum atomic E-state index is 11.5. The van der Waals surface area contributed by atoms with E-state index < -0.39 is 11.9 Å². The molecule has 0 aliphatic rings. The van der Waals surface area contributed by atoms with Crippen molar-refractivity contribution in [1.82, 2.24) is 10.2 Å². The van der Waals surface area contributed by atoms with Crippen LogP contribution in [0.1, 0.15) is 33.6 Å². The van der Waals surface area contributed by atoms with Crippen LogP contribution >= 0.6 is 0 Å². The number of hydrogen-bond donors (Lipinski definition) is 1. The highest BCUT2D eigenvalue weighted by atomic mass is 16.2. The third-order valence-corrected chi connectivity index (χ3v) is 2.19. The molecule has 0 saturated heterocycles. The Labute approximate surface area is 89.8 Å². The topological polar surface area (TPSA) is 66.5 Å². The van der Waals surface area contributed by atoms with Crippen molar-refractivity contribution in [1.29, 1.82) is 0 Å². The molecule has 0 rings (SSSR count). The number of imide groups is 1. The highest BCUT2D eigenvalue weighted by molar-refractivity contribution is 5.92. The van der Waals surface area contributed by atoms with E-state index in [0.29, 0.717) is 19.4 Å². The van der Waals surface area contributed by atoms with Gasteiger partial charge in [0.2, 0.25) is 18.2 Å². The third kappa shape index (κ3) is 4.10. The number of nitrogens with one attached hydrogen (secondary N) is 1. The summed E-state index contributed by atoms with van der Waals surface area (Å²) in [6, 6.07) is -0.539. The molecule has 0 aliphatic carbocycles. The van der Waals surface area contributed by atoms with Gasteiger partial charge in [0.05, 0.1) is 0 Å². The minimum atomic E-state index is -0.539.